The minimum atomic E-state index is 0.299. The summed E-state index contributed by atoms with van der Waals surface area (Å²) in [6.07, 6.45) is 2.96. The summed E-state index contributed by atoms with van der Waals surface area (Å²) in [5, 5.41) is 0. The molecular formula is C28H36N2O2. The highest BCUT2D eigenvalue weighted by Crippen LogP contribution is 2.36. The van der Waals surface area contributed by atoms with E-state index in [4.69, 9.17) is 14.1 Å². The fourth-order valence-electron chi connectivity index (χ4n) is 4.72. The molecule has 0 radical (unpaired) electrons. The first-order valence-corrected chi connectivity index (χ1v) is 11.9. The second kappa shape index (κ2) is 9.50. The summed E-state index contributed by atoms with van der Waals surface area (Å²) < 4.78 is 12.1. The maximum absolute atomic E-state index is 6.17. The number of fused-ring (bicyclic) bond motifs is 1. The Morgan fingerprint density at radius 1 is 1.12 bits per heavy atom. The van der Waals surface area contributed by atoms with Crippen LogP contribution in [-0.4, -0.2) is 29.6 Å². The fraction of sp³-hybridized carbons (Fsp3) is 0.464. The van der Waals surface area contributed by atoms with Crippen LogP contribution in [0.15, 0.2) is 52.9 Å². The SMILES string of the molecule is CCC1c2cc(OCCc3nc(-c4ccccc4)oc3C)ccc2CCN1CC(C)(C)C. The summed E-state index contributed by atoms with van der Waals surface area (Å²) in [7, 11) is 0. The average Bonchev–Trinajstić information content (AvgIpc) is 3.13. The lowest BCUT2D eigenvalue weighted by Crippen LogP contribution is -2.40. The molecule has 0 N–H and O–H groups in total. The van der Waals surface area contributed by atoms with E-state index >= 15 is 0 Å². The number of hydrogen-bond donors (Lipinski definition) is 0. The van der Waals surface area contributed by atoms with Crippen LogP contribution in [0, 0.1) is 12.3 Å². The van der Waals surface area contributed by atoms with Gasteiger partial charge in [-0.05, 0) is 60.6 Å². The Balaban J connectivity index is 1.42. The summed E-state index contributed by atoms with van der Waals surface area (Å²) in [5.41, 5.74) is 5.17. The molecule has 1 aliphatic heterocycles. The predicted molar refractivity (Wildman–Crippen MR) is 130 cm³/mol. The van der Waals surface area contributed by atoms with Gasteiger partial charge in [0, 0.05) is 31.1 Å². The molecule has 0 saturated carbocycles. The van der Waals surface area contributed by atoms with Crippen LogP contribution in [0.3, 0.4) is 0 Å². The van der Waals surface area contributed by atoms with Crippen LogP contribution in [0.5, 0.6) is 5.75 Å². The zero-order valence-corrected chi connectivity index (χ0v) is 20.1. The largest absolute Gasteiger partial charge is 0.493 e. The standard InChI is InChI=1S/C28H36N2O2/c1-6-26-24-18-23(13-12-21(24)14-16-30(26)19-28(3,4)5)31-17-15-25-20(2)32-27(29-25)22-10-8-7-9-11-22/h7-13,18,26H,6,14-17,19H2,1-5H3. The number of ether oxygens (including phenoxy) is 1. The van der Waals surface area contributed by atoms with E-state index in [9.17, 15) is 0 Å². The molecule has 4 heteroatoms. The van der Waals surface area contributed by atoms with E-state index in [1.807, 2.05) is 37.3 Å². The Hall–Kier alpha value is -2.59. The first-order chi connectivity index (χ1) is 15.3. The third-order valence-corrected chi connectivity index (χ3v) is 6.17. The summed E-state index contributed by atoms with van der Waals surface area (Å²) in [6, 6.07) is 17.2. The second-order valence-electron chi connectivity index (χ2n) is 10.1. The molecule has 0 spiro atoms. The molecule has 32 heavy (non-hydrogen) atoms. The highest BCUT2D eigenvalue weighted by molar-refractivity contribution is 5.53. The molecule has 1 atom stereocenters. The van der Waals surface area contributed by atoms with Crippen molar-refractivity contribution in [2.75, 3.05) is 19.7 Å². The minimum Gasteiger partial charge on any atom is -0.493 e. The summed E-state index contributed by atoms with van der Waals surface area (Å²) in [4.78, 5) is 7.35. The van der Waals surface area contributed by atoms with E-state index in [-0.39, 0.29) is 0 Å². The molecule has 0 amide bonds. The van der Waals surface area contributed by atoms with Crippen molar-refractivity contribution in [3.63, 3.8) is 0 Å². The molecular weight excluding hydrogens is 396 g/mol. The maximum atomic E-state index is 6.17. The Bertz CT molecular complexity index is 1030. The lowest BCUT2D eigenvalue weighted by Gasteiger charge is -2.40. The number of benzene rings is 2. The Morgan fingerprint density at radius 3 is 2.62 bits per heavy atom. The summed E-state index contributed by atoms with van der Waals surface area (Å²) >= 11 is 0. The van der Waals surface area contributed by atoms with Crippen molar-refractivity contribution < 1.29 is 9.15 Å². The first kappa shape index (κ1) is 22.6. The molecule has 170 valence electrons. The van der Waals surface area contributed by atoms with Crippen LogP contribution >= 0.6 is 0 Å². The Labute approximate surface area is 192 Å². The normalized spacial score (nSPS) is 16.7. The number of nitrogens with zero attached hydrogens (tertiary/aromatic N) is 2. The zero-order valence-electron chi connectivity index (χ0n) is 20.1. The molecule has 3 aromatic rings. The molecule has 0 bridgehead atoms. The molecule has 0 aliphatic carbocycles. The van der Waals surface area contributed by atoms with E-state index in [2.05, 4.69) is 50.8 Å². The van der Waals surface area contributed by atoms with E-state index in [0.29, 0.717) is 24.0 Å². The molecule has 4 rings (SSSR count). The van der Waals surface area contributed by atoms with Gasteiger partial charge in [-0.25, -0.2) is 4.98 Å². The van der Waals surface area contributed by atoms with Crippen molar-refractivity contribution in [3.8, 4) is 17.2 Å². The van der Waals surface area contributed by atoms with Crippen molar-refractivity contribution in [1.82, 2.24) is 9.88 Å². The smallest absolute Gasteiger partial charge is 0.226 e. The molecule has 1 unspecified atom stereocenters. The topological polar surface area (TPSA) is 38.5 Å². The van der Waals surface area contributed by atoms with Gasteiger partial charge in [0.1, 0.15) is 11.5 Å². The van der Waals surface area contributed by atoms with Crippen LogP contribution < -0.4 is 4.74 Å². The molecule has 1 aliphatic rings. The third kappa shape index (κ3) is 5.24. The summed E-state index contributed by atoms with van der Waals surface area (Å²) in [5.74, 6) is 2.49. The van der Waals surface area contributed by atoms with Gasteiger partial charge < -0.3 is 9.15 Å². The van der Waals surface area contributed by atoms with Crippen LogP contribution in [0.25, 0.3) is 11.5 Å². The van der Waals surface area contributed by atoms with Crippen molar-refractivity contribution in [2.45, 2.75) is 59.9 Å². The molecule has 2 heterocycles. The molecule has 2 aromatic carbocycles. The highest BCUT2D eigenvalue weighted by Gasteiger charge is 2.29. The number of oxazole rings is 1. The second-order valence-corrected chi connectivity index (χ2v) is 10.1. The van der Waals surface area contributed by atoms with Gasteiger partial charge in [-0.1, -0.05) is 52.0 Å². The van der Waals surface area contributed by atoms with Crippen LogP contribution in [0.4, 0.5) is 0 Å². The highest BCUT2D eigenvalue weighted by atomic mass is 16.5. The maximum Gasteiger partial charge on any atom is 0.226 e. The lowest BCUT2D eigenvalue weighted by atomic mass is 9.87. The van der Waals surface area contributed by atoms with Crippen LogP contribution in [0.2, 0.25) is 0 Å². The predicted octanol–water partition coefficient (Wildman–Crippen LogP) is 6.63. The summed E-state index contributed by atoms with van der Waals surface area (Å²) in [6.45, 7) is 14.1. The molecule has 0 fully saturated rings. The number of hydrogen-bond acceptors (Lipinski definition) is 4. The van der Waals surface area contributed by atoms with E-state index in [1.54, 1.807) is 0 Å². The molecule has 1 aromatic heterocycles. The quantitative estimate of drug-likeness (QED) is 0.420. The van der Waals surface area contributed by atoms with Crippen LogP contribution in [-0.2, 0) is 12.8 Å². The van der Waals surface area contributed by atoms with Gasteiger partial charge in [-0.15, -0.1) is 0 Å². The zero-order chi connectivity index (χ0) is 22.7. The number of aromatic nitrogens is 1. The van der Waals surface area contributed by atoms with Gasteiger partial charge in [0.25, 0.3) is 0 Å². The van der Waals surface area contributed by atoms with E-state index < -0.39 is 0 Å². The van der Waals surface area contributed by atoms with Gasteiger partial charge in [0.15, 0.2) is 0 Å². The van der Waals surface area contributed by atoms with Crippen molar-refractivity contribution in [1.29, 1.82) is 0 Å². The van der Waals surface area contributed by atoms with Gasteiger partial charge in [-0.3, -0.25) is 4.90 Å². The van der Waals surface area contributed by atoms with Gasteiger partial charge in [0.2, 0.25) is 5.89 Å². The fourth-order valence-corrected chi connectivity index (χ4v) is 4.72. The third-order valence-electron chi connectivity index (χ3n) is 6.17. The Morgan fingerprint density at radius 2 is 1.91 bits per heavy atom. The van der Waals surface area contributed by atoms with Crippen LogP contribution in [0.1, 0.15) is 62.7 Å². The van der Waals surface area contributed by atoms with E-state index in [0.717, 1.165) is 55.1 Å². The van der Waals surface area contributed by atoms with Crippen molar-refractivity contribution in [3.05, 3.63) is 71.1 Å². The number of rotatable bonds is 7. The van der Waals surface area contributed by atoms with Gasteiger partial charge in [-0.2, -0.15) is 0 Å². The van der Waals surface area contributed by atoms with Crippen molar-refractivity contribution >= 4 is 0 Å². The molecule has 0 saturated heterocycles. The number of aryl methyl sites for hydroxylation is 1. The van der Waals surface area contributed by atoms with E-state index in [1.165, 1.54) is 11.1 Å². The first-order valence-electron chi connectivity index (χ1n) is 11.9. The van der Waals surface area contributed by atoms with Gasteiger partial charge in [0.05, 0.1) is 12.3 Å². The molecule has 4 nitrogen and oxygen atoms in total. The minimum absolute atomic E-state index is 0.299. The van der Waals surface area contributed by atoms with Gasteiger partial charge >= 0.3 is 0 Å². The monoisotopic (exact) mass is 432 g/mol. The van der Waals surface area contributed by atoms with Crippen molar-refractivity contribution in [2.24, 2.45) is 5.41 Å². The Kier molecular flexibility index (Phi) is 6.71. The average molecular weight is 433 g/mol. The lowest BCUT2D eigenvalue weighted by molar-refractivity contribution is 0.125.